The Kier molecular flexibility index (Phi) is 6.17. The number of hydrazone groups is 1. The molecule has 0 spiro atoms. The smallest absolute Gasteiger partial charge is 0.416 e. The molecule has 0 aliphatic rings. The van der Waals surface area contributed by atoms with Gasteiger partial charge in [-0.2, -0.15) is 18.3 Å². The molecule has 0 radical (unpaired) electrons. The Morgan fingerprint density at radius 2 is 1.70 bits per heavy atom. The van der Waals surface area contributed by atoms with Crippen LogP contribution in [0.15, 0.2) is 53.6 Å². The van der Waals surface area contributed by atoms with E-state index in [4.69, 9.17) is 4.74 Å². The molecule has 0 aromatic heterocycles. The van der Waals surface area contributed by atoms with Gasteiger partial charge >= 0.3 is 18.0 Å². The fraction of sp³-hybridized carbons (Fsp3) is 0.167. The maximum Gasteiger partial charge on any atom is 0.416 e. The Bertz CT molecular complexity index is 862. The fourth-order valence-electron chi connectivity index (χ4n) is 2.04. The van der Waals surface area contributed by atoms with E-state index in [1.807, 2.05) is 0 Å². The van der Waals surface area contributed by atoms with Crippen LogP contribution >= 0.6 is 0 Å². The van der Waals surface area contributed by atoms with E-state index in [0.29, 0.717) is 17.0 Å². The molecule has 0 heterocycles. The van der Waals surface area contributed by atoms with Crippen molar-refractivity contribution >= 4 is 23.2 Å². The normalized spacial score (nSPS) is 11.7. The zero-order valence-corrected chi connectivity index (χ0v) is 14.4. The van der Waals surface area contributed by atoms with Crippen molar-refractivity contribution in [3.8, 4) is 5.75 Å². The lowest BCUT2D eigenvalue weighted by molar-refractivity contribution is -0.137. The molecule has 0 bridgehead atoms. The lowest BCUT2D eigenvalue weighted by Crippen LogP contribution is -2.33. The number of alkyl halides is 3. The quantitative estimate of drug-likeness (QED) is 0.486. The van der Waals surface area contributed by atoms with Gasteiger partial charge in [-0.15, -0.1) is 0 Å². The number of amides is 2. The van der Waals surface area contributed by atoms with Gasteiger partial charge in [-0.1, -0.05) is 6.07 Å². The van der Waals surface area contributed by atoms with Crippen molar-refractivity contribution in [2.75, 3.05) is 12.4 Å². The summed E-state index contributed by atoms with van der Waals surface area (Å²) in [7, 11) is 1.53. The number of nitrogens with zero attached hydrogens (tertiary/aromatic N) is 1. The van der Waals surface area contributed by atoms with Crippen molar-refractivity contribution < 1.29 is 27.5 Å². The number of rotatable bonds is 4. The number of hydrogen-bond acceptors (Lipinski definition) is 4. The summed E-state index contributed by atoms with van der Waals surface area (Å²) in [5, 5.41) is 5.90. The number of methoxy groups -OCH3 is 1. The largest absolute Gasteiger partial charge is 0.497 e. The van der Waals surface area contributed by atoms with Gasteiger partial charge in [-0.25, -0.2) is 5.43 Å². The molecule has 0 aliphatic carbocycles. The van der Waals surface area contributed by atoms with Gasteiger partial charge in [-0.05, 0) is 55.0 Å². The molecule has 0 unspecified atom stereocenters. The molecule has 142 valence electrons. The maximum atomic E-state index is 12.7. The van der Waals surface area contributed by atoms with E-state index >= 15 is 0 Å². The number of benzene rings is 2. The highest BCUT2D eigenvalue weighted by Gasteiger charge is 2.30. The average molecular weight is 379 g/mol. The van der Waals surface area contributed by atoms with Gasteiger partial charge in [0.05, 0.1) is 18.4 Å². The first-order valence-electron chi connectivity index (χ1n) is 7.68. The molecule has 2 aromatic rings. The number of carbonyl (C=O) groups is 2. The highest BCUT2D eigenvalue weighted by Crippen LogP contribution is 2.30. The van der Waals surface area contributed by atoms with Crippen LogP contribution < -0.4 is 15.5 Å². The SMILES string of the molecule is COc1ccc(/C(C)=N/NC(=O)C(=O)Nc2cccc(C(F)(F)F)c2)cc1. The summed E-state index contributed by atoms with van der Waals surface area (Å²) in [6, 6.07) is 10.8. The number of hydrogen-bond donors (Lipinski definition) is 2. The predicted octanol–water partition coefficient (Wildman–Crippen LogP) is 3.19. The van der Waals surface area contributed by atoms with E-state index in [1.54, 1.807) is 31.2 Å². The summed E-state index contributed by atoms with van der Waals surface area (Å²) >= 11 is 0. The van der Waals surface area contributed by atoms with E-state index in [0.717, 1.165) is 18.2 Å². The first kappa shape index (κ1) is 20.0. The molecule has 6 nitrogen and oxygen atoms in total. The standard InChI is InChI=1S/C18H16F3N3O3/c1-11(12-6-8-15(27-2)9-7-12)23-24-17(26)16(25)22-14-5-3-4-13(10-14)18(19,20)21/h3-10H,1-2H3,(H,22,25)(H,24,26)/b23-11+. The molecule has 0 fully saturated rings. The molecule has 0 saturated carbocycles. The van der Waals surface area contributed by atoms with Crippen molar-refractivity contribution in [1.29, 1.82) is 0 Å². The monoisotopic (exact) mass is 379 g/mol. The molecule has 0 aliphatic heterocycles. The van der Waals surface area contributed by atoms with Gasteiger partial charge in [0.2, 0.25) is 0 Å². The van der Waals surface area contributed by atoms with Crippen LogP contribution in [0.25, 0.3) is 0 Å². The molecule has 2 rings (SSSR count). The van der Waals surface area contributed by atoms with Gasteiger partial charge in [0.25, 0.3) is 0 Å². The van der Waals surface area contributed by atoms with Crippen molar-refractivity contribution in [3.05, 3.63) is 59.7 Å². The Labute approximate surface area is 153 Å². The number of anilines is 1. The molecule has 2 N–H and O–H groups in total. The highest BCUT2D eigenvalue weighted by molar-refractivity contribution is 6.39. The van der Waals surface area contributed by atoms with Gasteiger partial charge < -0.3 is 10.1 Å². The Morgan fingerprint density at radius 1 is 1.04 bits per heavy atom. The number of carbonyl (C=O) groups excluding carboxylic acids is 2. The van der Waals surface area contributed by atoms with E-state index in [2.05, 4.69) is 15.8 Å². The third kappa shape index (κ3) is 5.56. The molecule has 0 atom stereocenters. The molecular formula is C18H16F3N3O3. The first-order chi connectivity index (χ1) is 12.7. The Morgan fingerprint density at radius 3 is 2.30 bits per heavy atom. The van der Waals surface area contributed by atoms with Gasteiger partial charge in [0.1, 0.15) is 5.75 Å². The van der Waals surface area contributed by atoms with Crippen LogP contribution in [0.5, 0.6) is 5.75 Å². The summed E-state index contributed by atoms with van der Waals surface area (Å²) in [5.74, 6) is -1.60. The topological polar surface area (TPSA) is 79.8 Å². The fourth-order valence-corrected chi connectivity index (χ4v) is 2.04. The van der Waals surface area contributed by atoms with Crippen molar-refractivity contribution in [2.24, 2.45) is 5.10 Å². The zero-order chi connectivity index (χ0) is 20.0. The van der Waals surface area contributed by atoms with Crippen LogP contribution in [-0.4, -0.2) is 24.6 Å². The average Bonchev–Trinajstić information content (AvgIpc) is 2.65. The lowest BCUT2D eigenvalue weighted by atomic mass is 10.1. The highest BCUT2D eigenvalue weighted by atomic mass is 19.4. The third-order valence-corrected chi connectivity index (χ3v) is 3.49. The van der Waals surface area contributed by atoms with E-state index in [1.165, 1.54) is 13.2 Å². The minimum Gasteiger partial charge on any atom is -0.497 e. The second kappa shape index (κ2) is 8.35. The van der Waals surface area contributed by atoms with E-state index in [-0.39, 0.29) is 5.69 Å². The van der Waals surface area contributed by atoms with Crippen molar-refractivity contribution in [3.63, 3.8) is 0 Å². The van der Waals surface area contributed by atoms with Crippen molar-refractivity contribution in [2.45, 2.75) is 13.1 Å². The molecule has 9 heteroatoms. The Balaban J connectivity index is 2.00. The molecule has 2 amide bonds. The molecule has 27 heavy (non-hydrogen) atoms. The lowest BCUT2D eigenvalue weighted by Gasteiger charge is -2.09. The summed E-state index contributed by atoms with van der Waals surface area (Å²) in [6.45, 7) is 1.62. The summed E-state index contributed by atoms with van der Waals surface area (Å²) in [5.41, 5.74) is 2.09. The third-order valence-electron chi connectivity index (χ3n) is 3.49. The predicted molar refractivity (Wildman–Crippen MR) is 93.4 cm³/mol. The van der Waals surface area contributed by atoms with Crippen LogP contribution in [0.4, 0.5) is 18.9 Å². The van der Waals surface area contributed by atoms with E-state index < -0.39 is 23.6 Å². The maximum absolute atomic E-state index is 12.7. The molecular weight excluding hydrogens is 363 g/mol. The van der Waals surface area contributed by atoms with Crippen LogP contribution in [0.3, 0.4) is 0 Å². The van der Waals surface area contributed by atoms with Crippen LogP contribution in [0.2, 0.25) is 0 Å². The van der Waals surface area contributed by atoms with Gasteiger partial charge in [0.15, 0.2) is 0 Å². The van der Waals surface area contributed by atoms with Crippen molar-refractivity contribution in [1.82, 2.24) is 5.43 Å². The number of ether oxygens (including phenoxy) is 1. The summed E-state index contributed by atoms with van der Waals surface area (Å²) in [4.78, 5) is 23.6. The van der Waals surface area contributed by atoms with Crippen LogP contribution in [0.1, 0.15) is 18.1 Å². The minimum absolute atomic E-state index is 0.152. The van der Waals surface area contributed by atoms with Gasteiger partial charge in [-0.3, -0.25) is 9.59 Å². The summed E-state index contributed by atoms with van der Waals surface area (Å²) < 4.78 is 43.0. The van der Waals surface area contributed by atoms with Crippen LogP contribution in [0, 0.1) is 0 Å². The summed E-state index contributed by atoms with van der Waals surface area (Å²) in [6.07, 6.45) is -4.55. The second-order valence-electron chi connectivity index (χ2n) is 5.40. The second-order valence-corrected chi connectivity index (χ2v) is 5.40. The minimum atomic E-state index is -4.55. The first-order valence-corrected chi connectivity index (χ1v) is 7.68. The Hall–Kier alpha value is -3.36. The van der Waals surface area contributed by atoms with Crippen LogP contribution in [-0.2, 0) is 15.8 Å². The molecule has 2 aromatic carbocycles. The molecule has 0 saturated heterocycles. The van der Waals surface area contributed by atoms with Gasteiger partial charge in [0, 0.05) is 5.69 Å². The number of nitrogens with one attached hydrogen (secondary N) is 2. The van der Waals surface area contributed by atoms with E-state index in [9.17, 15) is 22.8 Å². The number of halogens is 3. The zero-order valence-electron chi connectivity index (χ0n) is 14.4.